The topological polar surface area (TPSA) is 70.6 Å². The first-order valence-electron chi connectivity index (χ1n) is 45.4. The van der Waals surface area contributed by atoms with Crippen LogP contribution in [-0.4, -0.2) is 4.98 Å². The summed E-state index contributed by atoms with van der Waals surface area (Å²) in [6, 6.07) is 166. The van der Waals surface area contributed by atoms with Crippen molar-refractivity contribution in [3.8, 4) is 78.6 Å². The fraction of sp³-hybridized carbons (Fsp3) is 0. The van der Waals surface area contributed by atoms with Gasteiger partial charge in [0.05, 0.1) is 28.4 Å². The van der Waals surface area contributed by atoms with E-state index in [9.17, 15) is 0 Å². The summed E-state index contributed by atoms with van der Waals surface area (Å²) in [4.78, 5) is 13.4. The minimum atomic E-state index is 0.812. The molecule has 2 aliphatic heterocycles. The molecular weight excluding hydrogens is 1640 g/mol. The van der Waals surface area contributed by atoms with E-state index in [0.717, 1.165) is 179 Å². The number of hydrogen-bond donors (Lipinski definition) is 0. The van der Waals surface area contributed by atoms with Crippen molar-refractivity contribution < 1.29 is 18.3 Å². The minimum absolute atomic E-state index is 0.812. The second kappa shape index (κ2) is 32.0. The van der Waals surface area contributed by atoms with Crippen LogP contribution in [0.2, 0.25) is 0 Å². The van der Waals surface area contributed by atoms with Crippen LogP contribution in [0.5, 0.6) is 23.0 Å². The van der Waals surface area contributed by atoms with Crippen LogP contribution in [0, 0.1) is 0 Å². The van der Waals surface area contributed by atoms with Crippen LogP contribution in [0.4, 0.5) is 68.2 Å². The third-order valence-electron chi connectivity index (χ3n) is 26.7. The number of rotatable bonds is 15. The number of fused-ring (bicyclic) bond motifs is 18. The summed E-state index contributed by atoms with van der Waals surface area (Å²) in [5.74, 6) is 3.32. The second-order valence-electron chi connectivity index (χ2n) is 34.3. The standard InChI is InChI=1S/C66H42N2O2.C59H37N3O2/c1-4-18-43(19-5-1)49-24-12-14-30-60(49)67(45-20-6-2-7-21-45)47-36-34-44(35-37-47)56-41-58-54-28-17-33-63-65(54)59(42-57(58)51-26-11-10-25-50(51)56)53-39-38-48(40-64(53)69-63)68(46-22-8-3-9-23-46)61-31-16-29-55-52-27-13-15-32-62(52)70-66(55)61;1-3-13-39(14-4-1)61(42-31-33-60-34-32-42)41-27-25-38(26-28-41)50-36-52-48-20-12-24-56-58(48)53(37-51(52)45-18-8-7-17-44(45)50)47-30-29-43(35-57(47)63-56)62(40-15-5-2-6-16-40)54-22-11-21-49-46-19-9-10-23-55(46)64-59(49)54/h1-42H;1-37H. The van der Waals surface area contributed by atoms with Gasteiger partial charge in [0.2, 0.25) is 0 Å². The van der Waals surface area contributed by atoms with Gasteiger partial charge in [0.15, 0.2) is 11.2 Å². The van der Waals surface area contributed by atoms with Gasteiger partial charge in [0.1, 0.15) is 34.2 Å². The Morgan fingerprint density at radius 3 is 0.940 bits per heavy atom. The molecule has 0 fully saturated rings. The van der Waals surface area contributed by atoms with Gasteiger partial charge in [-0.25, -0.2) is 0 Å². The quantitative estimate of drug-likeness (QED) is 0.0934. The van der Waals surface area contributed by atoms with Gasteiger partial charge >= 0.3 is 0 Å². The highest BCUT2D eigenvalue weighted by Crippen LogP contribution is 2.57. The van der Waals surface area contributed by atoms with Crippen LogP contribution in [0.15, 0.2) is 488 Å². The zero-order valence-electron chi connectivity index (χ0n) is 72.5. The predicted molar refractivity (Wildman–Crippen MR) is 556 cm³/mol. The molecule has 0 saturated heterocycles. The van der Waals surface area contributed by atoms with Crippen molar-refractivity contribution in [3.05, 3.63) is 480 Å². The molecule has 0 amide bonds. The van der Waals surface area contributed by atoms with Crippen molar-refractivity contribution in [2.24, 2.45) is 0 Å². The van der Waals surface area contributed by atoms with Crippen LogP contribution >= 0.6 is 0 Å². The Labute approximate surface area is 772 Å². The van der Waals surface area contributed by atoms with Crippen molar-refractivity contribution in [1.82, 2.24) is 4.98 Å². The third-order valence-corrected chi connectivity index (χ3v) is 26.7. The van der Waals surface area contributed by atoms with Crippen molar-refractivity contribution in [2.75, 3.05) is 19.6 Å². The molecule has 2 aliphatic rings. The fourth-order valence-corrected chi connectivity index (χ4v) is 20.7. The minimum Gasteiger partial charge on any atom is -0.456 e. The number of pyridine rings is 1. The van der Waals surface area contributed by atoms with Gasteiger partial charge in [-0.2, -0.15) is 0 Å². The van der Waals surface area contributed by atoms with Crippen LogP contribution in [0.1, 0.15) is 0 Å². The lowest BCUT2D eigenvalue weighted by Gasteiger charge is -2.28. The zero-order valence-corrected chi connectivity index (χ0v) is 72.5. The number of aromatic nitrogens is 1. The number of anilines is 12. The maximum Gasteiger partial charge on any atom is 0.159 e. The second-order valence-corrected chi connectivity index (χ2v) is 34.3. The van der Waals surface area contributed by atoms with Crippen LogP contribution in [0.25, 0.3) is 164 Å². The Hall–Kier alpha value is -18.1. The van der Waals surface area contributed by atoms with Gasteiger partial charge in [-0.05, 0) is 269 Å². The Morgan fingerprint density at radius 2 is 0.478 bits per heavy atom. The van der Waals surface area contributed by atoms with E-state index in [1.54, 1.807) is 0 Å². The van der Waals surface area contributed by atoms with Crippen molar-refractivity contribution >= 4 is 177 Å². The predicted octanol–water partition coefficient (Wildman–Crippen LogP) is 35.9. The van der Waals surface area contributed by atoms with E-state index in [2.05, 4.69) is 449 Å². The highest BCUT2D eigenvalue weighted by molar-refractivity contribution is 6.28. The van der Waals surface area contributed by atoms with Crippen LogP contribution in [-0.2, 0) is 0 Å². The molecule has 0 radical (unpaired) electrons. The summed E-state index contributed by atoms with van der Waals surface area (Å²) >= 11 is 0. The molecule has 9 nitrogen and oxygen atoms in total. The van der Waals surface area contributed by atoms with Gasteiger partial charge in [-0.15, -0.1) is 0 Å². The molecule has 5 heterocycles. The smallest absolute Gasteiger partial charge is 0.159 e. The molecule has 0 N–H and O–H groups in total. The highest BCUT2D eigenvalue weighted by Gasteiger charge is 2.31. The van der Waals surface area contributed by atoms with E-state index >= 15 is 0 Å². The molecule has 0 bridgehead atoms. The Bertz CT molecular complexity index is 8900. The van der Waals surface area contributed by atoms with Crippen molar-refractivity contribution in [2.45, 2.75) is 0 Å². The molecule has 134 heavy (non-hydrogen) atoms. The number of hydrogen-bond acceptors (Lipinski definition) is 9. The van der Waals surface area contributed by atoms with Gasteiger partial charge in [-0.1, -0.05) is 279 Å². The molecule has 27 rings (SSSR count). The lowest BCUT2D eigenvalue weighted by atomic mass is 9.86. The van der Waals surface area contributed by atoms with Crippen molar-refractivity contribution in [3.63, 3.8) is 0 Å². The van der Waals surface area contributed by atoms with E-state index in [-0.39, 0.29) is 0 Å². The molecule has 0 spiro atoms. The number of ether oxygens (including phenoxy) is 2. The van der Waals surface area contributed by atoms with E-state index in [1.165, 1.54) is 76.1 Å². The molecule has 0 unspecified atom stereocenters. The summed E-state index contributed by atoms with van der Waals surface area (Å²) in [6.45, 7) is 0. The third kappa shape index (κ3) is 13.0. The van der Waals surface area contributed by atoms with Gasteiger partial charge < -0.3 is 37.9 Å². The summed E-state index contributed by atoms with van der Waals surface area (Å²) in [6.07, 6.45) is 3.68. The fourth-order valence-electron chi connectivity index (χ4n) is 20.7. The van der Waals surface area contributed by atoms with E-state index in [0.29, 0.717) is 0 Å². The van der Waals surface area contributed by atoms with Gasteiger partial charge in [0, 0.05) is 113 Å². The Balaban J connectivity index is 0.000000140. The summed E-state index contributed by atoms with van der Waals surface area (Å²) < 4.78 is 27.1. The van der Waals surface area contributed by atoms with E-state index in [1.807, 2.05) is 54.9 Å². The number of nitrogens with zero attached hydrogens (tertiary/aromatic N) is 5. The largest absolute Gasteiger partial charge is 0.456 e. The van der Waals surface area contributed by atoms with Crippen molar-refractivity contribution in [1.29, 1.82) is 0 Å². The summed E-state index contributed by atoms with van der Waals surface area (Å²) in [5, 5.41) is 18.6. The number of benzene rings is 22. The zero-order chi connectivity index (χ0) is 88.3. The number of furan rings is 2. The lowest BCUT2D eigenvalue weighted by Crippen LogP contribution is -2.11. The summed E-state index contributed by atoms with van der Waals surface area (Å²) in [5.41, 5.74) is 27.4. The van der Waals surface area contributed by atoms with Crippen LogP contribution < -0.4 is 29.1 Å². The molecule has 9 heteroatoms. The maximum absolute atomic E-state index is 6.99. The van der Waals surface area contributed by atoms with Crippen LogP contribution in [0.3, 0.4) is 0 Å². The average Bonchev–Trinajstić information content (AvgIpc) is 0.734. The lowest BCUT2D eigenvalue weighted by molar-refractivity contribution is 0.487. The molecule has 22 aromatic carbocycles. The first kappa shape index (κ1) is 77.1. The first-order chi connectivity index (χ1) is 66.5. The molecule has 3 aromatic heterocycles. The first-order valence-corrected chi connectivity index (χ1v) is 45.4. The molecule has 628 valence electrons. The van der Waals surface area contributed by atoms with Gasteiger partial charge in [-0.3, -0.25) is 4.98 Å². The normalized spacial score (nSPS) is 11.9. The van der Waals surface area contributed by atoms with E-state index in [4.69, 9.17) is 18.3 Å². The average molecular weight is 1720 g/mol. The molecule has 0 atom stereocenters. The summed E-state index contributed by atoms with van der Waals surface area (Å²) in [7, 11) is 0. The molecule has 0 aliphatic carbocycles. The van der Waals surface area contributed by atoms with E-state index < -0.39 is 0 Å². The molecule has 25 aromatic rings. The maximum atomic E-state index is 6.99. The van der Waals surface area contributed by atoms with Gasteiger partial charge in [0.25, 0.3) is 0 Å². The molecule has 0 saturated carbocycles. The highest BCUT2D eigenvalue weighted by atomic mass is 16.5. The monoisotopic (exact) mass is 1710 g/mol. The Kier molecular flexibility index (Phi) is 18.4. The number of para-hydroxylation sites is 9. The molecular formula is C125H79N5O4. The SMILES string of the molecule is c1ccc(-c2ccccc2N(c2ccccc2)c2ccc(-c3cc4c5cccc6c5c(cc4c4ccccc34)-c3ccc(N(c4ccccc4)c4cccc5c4oc4ccccc45)cc3O6)cc2)cc1.c1ccc(N(c2ccncc2)c2ccc(-c3cc4c5cccc6c5c(cc4c4ccccc34)-c3ccc(N(c4ccccc4)c4cccc5c4oc4ccccc45)cc3O6)cc2)cc1. The Morgan fingerprint density at radius 1 is 0.164 bits per heavy atom.